The van der Waals surface area contributed by atoms with E-state index < -0.39 is 0 Å². The first-order valence-electron chi connectivity index (χ1n) is 5.36. The fourth-order valence-electron chi connectivity index (χ4n) is 1.76. The lowest BCUT2D eigenvalue weighted by atomic mass is 10.0. The number of nitrogens with zero attached hydrogens (tertiary/aromatic N) is 2. The average molecular weight is 229 g/mol. The van der Waals surface area contributed by atoms with Gasteiger partial charge in [-0.15, -0.1) is 0 Å². The second-order valence-corrected chi connectivity index (χ2v) is 3.90. The normalized spacial score (nSPS) is 10.3. The van der Waals surface area contributed by atoms with Gasteiger partial charge in [0.1, 0.15) is 17.4 Å². The summed E-state index contributed by atoms with van der Waals surface area (Å²) in [6, 6.07) is 5.89. The van der Waals surface area contributed by atoms with Crippen molar-refractivity contribution in [3.05, 3.63) is 35.8 Å². The summed E-state index contributed by atoms with van der Waals surface area (Å²) in [4.78, 5) is 8.32. The van der Waals surface area contributed by atoms with Crippen LogP contribution in [0.5, 0.6) is 5.75 Å². The number of nitrogens with two attached hydrogens (primary N) is 1. The molecule has 2 aromatic rings. The fourth-order valence-corrected chi connectivity index (χ4v) is 1.76. The molecule has 0 saturated heterocycles. The van der Waals surface area contributed by atoms with Crippen LogP contribution in [0.2, 0.25) is 0 Å². The van der Waals surface area contributed by atoms with Crippen LogP contribution in [0.1, 0.15) is 11.4 Å². The predicted octanol–water partition coefficient (Wildman–Crippen LogP) is 2.35. The van der Waals surface area contributed by atoms with E-state index in [1.54, 1.807) is 13.3 Å². The smallest absolute Gasteiger partial charge is 0.135 e. The summed E-state index contributed by atoms with van der Waals surface area (Å²) in [5.74, 6) is 2.04. The molecule has 0 atom stereocenters. The van der Waals surface area contributed by atoms with Crippen molar-refractivity contribution in [3.63, 3.8) is 0 Å². The Hall–Kier alpha value is -2.10. The van der Waals surface area contributed by atoms with Crippen molar-refractivity contribution in [2.24, 2.45) is 0 Å². The van der Waals surface area contributed by atoms with Crippen LogP contribution in [0, 0.1) is 13.8 Å². The molecule has 0 aliphatic rings. The molecule has 4 nitrogen and oxygen atoms in total. The minimum absolute atomic E-state index is 0.502. The summed E-state index contributed by atoms with van der Waals surface area (Å²) in [7, 11) is 1.66. The summed E-state index contributed by atoms with van der Waals surface area (Å²) in [6.07, 6.45) is 1.75. The van der Waals surface area contributed by atoms with Gasteiger partial charge >= 0.3 is 0 Å². The summed E-state index contributed by atoms with van der Waals surface area (Å²) >= 11 is 0. The molecular formula is C13H15N3O. The van der Waals surface area contributed by atoms with Gasteiger partial charge in [-0.25, -0.2) is 9.97 Å². The molecule has 1 heterocycles. The third-order valence-corrected chi connectivity index (χ3v) is 2.64. The van der Waals surface area contributed by atoms with Crippen LogP contribution in [0.3, 0.4) is 0 Å². The molecular weight excluding hydrogens is 214 g/mol. The number of methoxy groups -OCH3 is 1. The van der Waals surface area contributed by atoms with Crippen LogP contribution in [0.25, 0.3) is 11.1 Å². The largest absolute Gasteiger partial charge is 0.496 e. The third-order valence-electron chi connectivity index (χ3n) is 2.64. The van der Waals surface area contributed by atoms with Gasteiger partial charge in [-0.2, -0.15) is 0 Å². The molecule has 0 unspecified atom stereocenters. The highest BCUT2D eigenvalue weighted by atomic mass is 16.5. The summed E-state index contributed by atoms with van der Waals surface area (Å²) in [6.45, 7) is 3.81. The molecule has 0 bridgehead atoms. The lowest BCUT2D eigenvalue weighted by Gasteiger charge is -2.09. The maximum Gasteiger partial charge on any atom is 0.135 e. The maximum absolute atomic E-state index is 5.89. The zero-order valence-corrected chi connectivity index (χ0v) is 10.2. The highest BCUT2D eigenvalue weighted by Gasteiger charge is 2.07. The van der Waals surface area contributed by atoms with E-state index in [0.29, 0.717) is 11.6 Å². The Labute approximate surface area is 100 Å². The van der Waals surface area contributed by atoms with Crippen molar-refractivity contribution >= 4 is 5.82 Å². The lowest BCUT2D eigenvalue weighted by Crippen LogP contribution is -1.98. The topological polar surface area (TPSA) is 61.0 Å². The number of benzene rings is 1. The van der Waals surface area contributed by atoms with E-state index in [4.69, 9.17) is 10.5 Å². The van der Waals surface area contributed by atoms with Gasteiger partial charge in [0, 0.05) is 11.8 Å². The quantitative estimate of drug-likeness (QED) is 0.858. The van der Waals surface area contributed by atoms with Gasteiger partial charge in [0.15, 0.2) is 0 Å². The van der Waals surface area contributed by atoms with E-state index in [9.17, 15) is 0 Å². The molecule has 0 radical (unpaired) electrons. The second kappa shape index (κ2) is 4.41. The minimum atomic E-state index is 0.502. The Kier molecular flexibility index (Phi) is 2.95. The summed E-state index contributed by atoms with van der Waals surface area (Å²) in [5.41, 5.74) is 8.80. The van der Waals surface area contributed by atoms with E-state index in [2.05, 4.69) is 9.97 Å². The molecule has 0 aliphatic carbocycles. The minimum Gasteiger partial charge on any atom is -0.496 e. The van der Waals surface area contributed by atoms with Crippen molar-refractivity contribution in [1.29, 1.82) is 0 Å². The molecule has 0 aliphatic heterocycles. The lowest BCUT2D eigenvalue weighted by molar-refractivity contribution is 0.412. The Balaban J connectivity index is 2.50. The average Bonchev–Trinajstić information content (AvgIpc) is 2.29. The standard InChI is InChI=1S/C13H15N3O/c1-8-6-10(4-5-12(8)17-3)11-7-15-9(2)16-13(11)14/h4-7H,1-3H3,(H2,14,15,16). The highest BCUT2D eigenvalue weighted by molar-refractivity contribution is 5.74. The molecule has 17 heavy (non-hydrogen) atoms. The van der Waals surface area contributed by atoms with Crippen molar-refractivity contribution < 1.29 is 4.74 Å². The molecule has 0 spiro atoms. The molecule has 2 N–H and O–H groups in total. The molecule has 1 aromatic heterocycles. The Morgan fingerprint density at radius 1 is 1.24 bits per heavy atom. The molecule has 2 rings (SSSR count). The number of hydrogen-bond acceptors (Lipinski definition) is 4. The first-order chi connectivity index (χ1) is 8.11. The predicted molar refractivity (Wildman–Crippen MR) is 67.9 cm³/mol. The monoisotopic (exact) mass is 229 g/mol. The Morgan fingerprint density at radius 2 is 2.00 bits per heavy atom. The molecule has 1 aromatic carbocycles. The van der Waals surface area contributed by atoms with Gasteiger partial charge in [0.2, 0.25) is 0 Å². The van der Waals surface area contributed by atoms with Crippen molar-refractivity contribution in [1.82, 2.24) is 9.97 Å². The molecule has 0 amide bonds. The molecule has 88 valence electrons. The van der Waals surface area contributed by atoms with Crippen LogP contribution >= 0.6 is 0 Å². The van der Waals surface area contributed by atoms with Crippen molar-refractivity contribution in [2.45, 2.75) is 13.8 Å². The van der Waals surface area contributed by atoms with E-state index in [1.807, 2.05) is 32.0 Å². The number of rotatable bonds is 2. The summed E-state index contributed by atoms with van der Waals surface area (Å²) < 4.78 is 5.22. The van der Waals surface area contributed by atoms with Crippen LogP contribution < -0.4 is 10.5 Å². The van der Waals surface area contributed by atoms with E-state index in [-0.39, 0.29) is 0 Å². The van der Waals surface area contributed by atoms with Gasteiger partial charge < -0.3 is 10.5 Å². The first kappa shape index (κ1) is 11.4. The van der Waals surface area contributed by atoms with Gasteiger partial charge in [0.25, 0.3) is 0 Å². The van der Waals surface area contributed by atoms with Gasteiger partial charge in [-0.3, -0.25) is 0 Å². The van der Waals surface area contributed by atoms with Gasteiger partial charge in [-0.1, -0.05) is 6.07 Å². The Bertz CT molecular complexity index is 552. The first-order valence-corrected chi connectivity index (χ1v) is 5.36. The number of nitrogen functional groups attached to an aromatic ring is 1. The number of anilines is 1. The zero-order valence-electron chi connectivity index (χ0n) is 10.2. The zero-order chi connectivity index (χ0) is 12.4. The molecule has 4 heteroatoms. The molecule has 0 fully saturated rings. The number of ether oxygens (including phenoxy) is 1. The van der Waals surface area contributed by atoms with Crippen LogP contribution in [0.4, 0.5) is 5.82 Å². The molecule has 0 saturated carbocycles. The van der Waals surface area contributed by atoms with Crippen molar-refractivity contribution in [3.8, 4) is 16.9 Å². The van der Waals surface area contributed by atoms with Crippen LogP contribution in [-0.4, -0.2) is 17.1 Å². The highest BCUT2D eigenvalue weighted by Crippen LogP contribution is 2.28. The van der Waals surface area contributed by atoms with Crippen LogP contribution in [-0.2, 0) is 0 Å². The van der Waals surface area contributed by atoms with Gasteiger partial charge in [-0.05, 0) is 37.1 Å². The fraction of sp³-hybridized carbons (Fsp3) is 0.231. The number of aryl methyl sites for hydroxylation is 2. The summed E-state index contributed by atoms with van der Waals surface area (Å²) in [5, 5.41) is 0. The Morgan fingerprint density at radius 3 is 2.59 bits per heavy atom. The maximum atomic E-state index is 5.89. The second-order valence-electron chi connectivity index (χ2n) is 3.90. The number of hydrogen-bond donors (Lipinski definition) is 1. The van der Waals surface area contributed by atoms with Crippen molar-refractivity contribution in [2.75, 3.05) is 12.8 Å². The van der Waals surface area contributed by atoms with Gasteiger partial charge in [0.05, 0.1) is 7.11 Å². The van der Waals surface area contributed by atoms with E-state index in [0.717, 1.165) is 22.4 Å². The number of aromatic nitrogens is 2. The SMILES string of the molecule is COc1ccc(-c2cnc(C)nc2N)cc1C. The third kappa shape index (κ3) is 2.20. The van der Waals surface area contributed by atoms with Crippen LogP contribution in [0.15, 0.2) is 24.4 Å². The van der Waals surface area contributed by atoms with E-state index in [1.165, 1.54) is 0 Å². The van der Waals surface area contributed by atoms with E-state index >= 15 is 0 Å².